The van der Waals surface area contributed by atoms with Gasteiger partial charge in [0.05, 0.1) is 30.4 Å². The van der Waals surface area contributed by atoms with Crippen LogP contribution in [0.2, 0.25) is 0 Å². The number of hydrogen-bond donors (Lipinski definition) is 2. The molecule has 2 fully saturated rings. The van der Waals surface area contributed by atoms with Crippen molar-refractivity contribution >= 4 is 23.2 Å². The number of carbonyl (C=O) groups excluding carboxylic acids is 1. The number of hydrogen-bond acceptors (Lipinski definition) is 7. The molecule has 0 bridgehead atoms. The fourth-order valence-electron chi connectivity index (χ4n) is 4.00. The number of anilines is 3. The Kier molecular flexibility index (Phi) is 5.17. The smallest absolute Gasteiger partial charge is 0.252 e. The van der Waals surface area contributed by atoms with E-state index in [9.17, 15) is 4.79 Å². The van der Waals surface area contributed by atoms with Gasteiger partial charge in [0, 0.05) is 44.6 Å². The highest BCUT2D eigenvalue weighted by atomic mass is 16.5. The van der Waals surface area contributed by atoms with E-state index in [1.165, 1.54) is 5.69 Å². The maximum Gasteiger partial charge on any atom is 0.252 e. The van der Waals surface area contributed by atoms with Crippen LogP contribution in [0.1, 0.15) is 13.2 Å². The van der Waals surface area contributed by atoms with Gasteiger partial charge in [-0.05, 0) is 42.5 Å². The number of rotatable bonds is 6. The maximum absolute atomic E-state index is 11.9. The molecule has 1 spiro atoms. The predicted molar refractivity (Wildman–Crippen MR) is 125 cm³/mol. The standard InChI is InChI=1S/C24H22N6O2.2H2/c25-10-12-26-22(31)18-3-1-17(2-4-18)21-9-11-27-23(29-21)28-19-5-7-20(8-6-19)30-13-24(14-30)15-32-16-24;;/h1-9,11H,12-16H2,(H,26,31)(H,27,28,29);2*1H. The van der Waals surface area contributed by atoms with E-state index in [1.54, 1.807) is 18.3 Å². The lowest BCUT2D eigenvalue weighted by molar-refractivity contribution is -0.127. The van der Waals surface area contributed by atoms with Crippen molar-refractivity contribution < 1.29 is 12.4 Å². The van der Waals surface area contributed by atoms with Crippen LogP contribution in [0.4, 0.5) is 17.3 Å². The third-order valence-corrected chi connectivity index (χ3v) is 5.78. The van der Waals surface area contributed by atoms with Crippen molar-refractivity contribution in [3.8, 4) is 17.3 Å². The van der Waals surface area contributed by atoms with Gasteiger partial charge in [-0.25, -0.2) is 9.97 Å². The van der Waals surface area contributed by atoms with Crippen molar-refractivity contribution in [2.24, 2.45) is 5.41 Å². The fourth-order valence-corrected chi connectivity index (χ4v) is 4.00. The SMILES string of the molecule is N#CCNC(=O)c1ccc(-c2ccnc(Nc3ccc(N4CC5(COC5)C4)cc3)n2)cc1.[HH].[HH]. The second-order valence-corrected chi connectivity index (χ2v) is 8.20. The minimum Gasteiger partial charge on any atom is -0.380 e. The highest BCUT2D eigenvalue weighted by Gasteiger charge is 2.48. The molecule has 0 saturated carbocycles. The van der Waals surface area contributed by atoms with Gasteiger partial charge in [0.25, 0.3) is 5.91 Å². The Hall–Kier alpha value is -3.96. The van der Waals surface area contributed by atoms with Crippen molar-refractivity contribution in [2.45, 2.75) is 0 Å². The van der Waals surface area contributed by atoms with Gasteiger partial charge >= 0.3 is 0 Å². The molecule has 2 aromatic carbocycles. The zero-order valence-electron chi connectivity index (χ0n) is 17.4. The molecule has 0 atom stereocenters. The maximum atomic E-state index is 11.9. The third-order valence-electron chi connectivity index (χ3n) is 5.78. The number of amides is 1. The summed E-state index contributed by atoms with van der Waals surface area (Å²) >= 11 is 0. The van der Waals surface area contributed by atoms with E-state index in [1.807, 2.05) is 36.4 Å². The zero-order chi connectivity index (χ0) is 22.0. The lowest BCUT2D eigenvalue weighted by Gasteiger charge is -2.56. The normalized spacial score (nSPS) is 15.9. The number of carbonyl (C=O) groups is 1. The van der Waals surface area contributed by atoms with Crippen LogP contribution in [0, 0.1) is 16.7 Å². The van der Waals surface area contributed by atoms with E-state index in [0.717, 1.165) is 43.2 Å². The van der Waals surface area contributed by atoms with Crippen molar-refractivity contribution in [2.75, 3.05) is 43.1 Å². The highest BCUT2D eigenvalue weighted by Crippen LogP contribution is 2.40. The van der Waals surface area contributed by atoms with Crippen molar-refractivity contribution in [3.63, 3.8) is 0 Å². The van der Waals surface area contributed by atoms with Gasteiger partial charge in [-0.2, -0.15) is 5.26 Å². The van der Waals surface area contributed by atoms with E-state index in [-0.39, 0.29) is 15.3 Å². The summed E-state index contributed by atoms with van der Waals surface area (Å²) in [5.74, 6) is 0.224. The zero-order valence-corrected chi connectivity index (χ0v) is 17.4. The summed E-state index contributed by atoms with van der Waals surface area (Å²) in [5.41, 5.74) is 4.63. The Balaban J connectivity index is 0.00000162. The van der Waals surface area contributed by atoms with Crippen LogP contribution >= 0.6 is 0 Å². The Bertz CT molecular complexity index is 1170. The molecular formula is C24H26N6O2. The minimum atomic E-state index is -0.277. The first kappa shape index (κ1) is 20.0. The van der Waals surface area contributed by atoms with Crippen LogP contribution in [0.15, 0.2) is 60.8 Å². The number of ether oxygens (including phenoxy) is 1. The third kappa shape index (κ3) is 3.98. The van der Waals surface area contributed by atoms with Crippen molar-refractivity contribution in [3.05, 3.63) is 66.4 Å². The van der Waals surface area contributed by atoms with Crippen molar-refractivity contribution in [1.29, 1.82) is 5.26 Å². The van der Waals surface area contributed by atoms with Crippen LogP contribution in [0.5, 0.6) is 0 Å². The Morgan fingerprint density at radius 3 is 2.53 bits per heavy atom. The molecule has 2 saturated heterocycles. The lowest BCUT2D eigenvalue weighted by Crippen LogP contribution is -2.66. The molecule has 0 unspecified atom stereocenters. The van der Waals surface area contributed by atoms with Crippen LogP contribution in [0.25, 0.3) is 11.3 Å². The number of aromatic nitrogens is 2. The second-order valence-electron chi connectivity index (χ2n) is 8.20. The molecule has 1 aromatic heterocycles. The van der Waals surface area contributed by atoms with Crippen molar-refractivity contribution in [1.82, 2.24) is 15.3 Å². The summed E-state index contributed by atoms with van der Waals surface area (Å²) in [4.78, 5) is 23.2. The predicted octanol–water partition coefficient (Wildman–Crippen LogP) is 3.47. The van der Waals surface area contributed by atoms with Crippen LogP contribution in [-0.2, 0) is 4.74 Å². The number of nitriles is 1. The Labute approximate surface area is 188 Å². The molecule has 8 heteroatoms. The summed E-state index contributed by atoms with van der Waals surface area (Å²) < 4.78 is 5.34. The molecule has 1 amide bonds. The average molecular weight is 431 g/mol. The van der Waals surface area contributed by atoms with Gasteiger partial charge in [-0.1, -0.05) is 12.1 Å². The molecule has 3 heterocycles. The van der Waals surface area contributed by atoms with Gasteiger partial charge in [0.1, 0.15) is 6.54 Å². The van der Waals surface area contributed by atoms with Gasteiger partial charge in [0.2, 0.25) is 5.95 Å². The lowest BCUT2D eigenvalue weighted by atomic mass is 9.78. The van der Waals surface area contributed by atoms with E-state index < -0.39 is 0 Å². The molecule has 32 heavy (non-hydrogen) atoms. The van der Waals surface area contributed by atoms with Gasteiger partial charge in [-0.15, -0.1) is 0 Å². The highest BCUT2D eigenvalue weighted by molar-refractivity contribution is 5.94. The Morgan fingerprint density at radius 2 is 1.88 bits per heavy atom. The molecule has 0 aliphatic carbocycles. The van der Waals surface area contributed by atoms with Gasteiger partial charge < -0.3 is 20.3 Å². The molecule has 2 aliphatic heterocycles. The molecule has 164 valence electrons. The van der Waals surface area contributed by atoms with Crippen LogP contribution < -0.4 is 15.5 Å². The first-order valence-electron chi connectivity index (χ1n) is 10.4. The van der Waals surface area contributed by atoms with Crippen LogP contribution in [0.3, 0.4) is 0 Å². The number of nitrogens with one attached hydrogen (secondary N) is 2. The molecule has 3 aromatic rings. The molecular weight excluding hydrogens is 404 g/mol. The summed E-state index contributed by atoms with van der Waals surface area (Å²) in [7, 11) is 0. The number of benzene rings is 2. The minimum absolute atomic E-state index is 0. The van der Waals surface area contributed by atoms with E-state index in [2.05, 4.69) is 37.6 Å². The summed E-state index contributed by atoms with van der Waals surface area (Å²) in [6.45, 7) is 3.87. The summed E-state index contributed by atoms with van der Waals surface area (Å²) in [6, 6.07) is 19.1. The molecule has 2 N–H and O–H groups in total. The molecule has 5 rings (SSSR count). The summed E-state index contributed by atoms with van der Waals surface area (Å²) in [5, 5.41) is 14.4. The van der Waals surface area contributed by atoms with Crippen LogP contribution in [-0.4, -0.2) is 48.7 Å². The van der Waals surface area contributed by atoms with Gasteiger partial charge in [0.15, 0.2) is 0 Å². The van der Waals surface area contributed by atoms with E-state index >= 15 is 0 Å². The second kappa shape index (κ2) is 8.29. The average Bonchev–Trinajstić information content (AvgIpc) is 2.77. The Morgan fingerprint density at radius 1 is 1.12 bits per heavy atom. The number of nitrogens with zero attached hydrogens (tertiary/aromatic N) is 4. The first-order valence-corrected chi connectivity index (χ1v) is 10.4. The summed E-state index contributed by atoms with van der Waals surface area (Å²) in [6.07, 6.45) is 1.70. The van der Waals surface area contributed by atoms with E-state index in [4.69, 9.17) is 10.00 Å². The monoisotopic (exact) mass is 430 g/mol. The van der Waals surface area contributed by atoms with Gasteiger partial charge in [-0.3, -0.25) is 4.79 Å². The fraction of sp³-hybridized carbons (Fsp3) is 0.250. The quantitative estimate of drug-likeness (QED) is 0.577. The topological polar surface area (TPSA) is 103 Å². The molecule has 8 nitrogen and oxygen atoms in total. The molecule has 2 aliphatic rings. The first-order chi connectivity index (χ1) is 15.6. The van der Waals surface area contributed by atoms with E-state index in [0.29, 0.717) is 16.9 Å². The molecule has 0 radical (unpaired) electrons. The largest absolute Gasteiger partial charge is 0.380 e.